The highest BCUT2D eigenvalue weighted by Gasteiger charge is 1.97. The first-order valence-electron chi connectivity index (χ1n) is 6.98. The summed E-state index contributed by atoms with van der Waals surface area (Å²) in [6, 6.07) is 21.0. The first kappa shape index (κ1) is 12.6. The molecule has 3 aromatic rings. The molecule has 0 aliphatic heterocycles. The number of hydrogen-bond donors (Lipinski definition) is 0. The lowest BCUT2D eigenvalue weighted by molar-refractivity contribution is 1.03. The molecule has 0 aliphatic rings. The molecule has 1 heterocycles. The standard InChI is InChI=1S/C19H17N/c1-2-17-10-6-11-18(20-17)14-13-16-9-5-8-15-7-3-4-12-19(15)16/h3-14H,2H2,1H3. The lowest BCUT2D eigenvalue weighted by Crippen LogP contribution is -1.88. The van der Waals surface area contributed by atoms with Crippen molar-refractivity contribution < 1.29 is 0 Å². The second kappa shape index (κ2) is 5.70. The predicted molar refractivity (Wildman–Crippen MR) is 86.5 cm³/mol. The summed E-state index contributed by atoms with van der Waals surface area (Å²) in [6.45, 7) is 2.13. The van der Waals surface area contributed by atoms with Crippen LogP contribution in [0.1, 0.15) is 23.9 Å². The van der Waals surface area contributed by atoms with Crippen LogP contribution < -0.4 is 0 Å². The lowest BCUT2D eigenvalue weighted by atomic mass is 10.0. The summed E-state index contributed by atoms with van der Waals surface area (Å²) in [5.41, 5.74) is 3.37. The molecule has 2 aromatic carbocycles. The van der Waals surface area contributed by atoms with Crippen molar-refractivity contribution in [1.29, 1.82) is 0 Å². The molecule has 1 aromatic heterocycles. The quantitative estimate of drug-likeness (QED) is 0.647. The van der Waals surface area contributed by atoms with Crippen LogP contribution in [0.15, 0.2) is 60.7 Å². The van der Waals surface area contributed by atoms with E-state index in [1.807, 2.05) is 6.07 Å². The Morgan fingerprint density at radius 1 is 0.850 bits per heavy atom. The molecule has 0 unspecified atom stereocenters. The van der Waals surface area contributed by atoms with Gasteiger partial charge in [-0.1, -0.05) is 61.5 Å². The normalized spacial score (nSPS) is 11.2. The molecule has 20 heavy (non-hydrogen) atoms. The van der Waals surface area contributed by atoms with E-state index in [9.17, 15) is 0 Å². The molecule has 1 nitrogen and oxygen atoms in total. The number of fused-ring (bicyclic) bond motifs is 1. The Labute approximate surface area is 119 Å². The van der Waals surface area contributed by atoms with E-state index in [0.717, 1.165) is 17.8 Å². The first-order valence-corrected chi connectivity index (χ1v) is 6.98. The molecular formula is C19H17N. The van der Waals surface area contributed by atoms with Crippen LogP contribution in [0.5, 0.6) is 0 Å². The minimum atomic E-state index is 0.968. The van der Waals surface area contributed by atoms with Gasteiger partial charge in [0.15, 0.2) is 0 Å². The number of rotatable bonds is 3. The highest BCUT2D eigenvalue weighted by molar-refractivity contribution is 5.92. The Morgan fingerprint density at radius 2 is 1.65 bits per heavy atom. The third-order valence-electron chi connectivity index (χ3n) is 3.45. The maximum atomic E-state index is 4.60. The summed E-state index contributed by atoms with van der Waals surface area (Å²) in [5.74, 6) is 0. The predicted octanol–water partition coefficient (Wildman–Crippen LogP) is 4.97. The lowest BCUT2D eigenvalue weighted by Gasteiger charge is -2.02. The number of pyridine rings is 1. The van der Waals surface area contributed by atoms with E-state index in [0.29, 0.717) is 0 Å². The van der Waals surface area contributed by atoms with Crippen molar-refractivity contribution in [3.63, 3.8) is 0 Å². The van der Waals surface area contributed by atoms with Gasteiger partial charge in [-0.05, 0) is 41.0 Å². The average Bonchev–Trinajstić information content (AvgIpc) is 2.53. The maximum absolute atomic E-state index is 4.60. The molecule has 0 saturated carbocycles. The van der Waals surface area contributed by atoms with Gasteiger partial charge in [-0.15, -0.1) is 0 Å². The Kier molecular flexibility index (Phi) is 3.60. The van der Waals surface area contributed by atoms with Gasteiger partial charge >= 0.3 is 0 Å². The zero-order valence-corrected chi connectivity index (χ0v) is 11.6. The zero-order valence-electron chi connectivity index (χ0n) is 11.6. The third-order valence-corrected chi connectivity index (χ3v) is 3.45. The molecule has 0 aliphatic carbocycles. The van der Waals surface area contributed by atoms with Crippen molar-refractivity contribution in [3.8, 4) is 0 Å². The van der Waals surface area contributed by atoms with Crippen LogP contribution in [0.3, 0.4) is 0 Å². The Bertz CT molecular complexity index is 751. The summed E-state index contributed by atoms with van der Waals surface area (Å²) < 4.78 is 0. The van der Waals surface area contributed by atoms with Crippen molar-refractivity contribution in [2.75, 3.05) is 0 Å². The van der Waals surface area contributed by atoms with E-state index in [1.165, 1.54) is 16.3 Å². The van der Waals surface area contributed by atoms with Gasteiger partial charge in [0.2, 0.25) is 0 Å². The first-order chi connectivity index (χ1) is 9.86. The van der Waals surface area contributed by atoms with E-state index in [1.54, 1.807) is 0 Å². The molecule has 0 atom stereocenters. The SMILES string of the molecule is CCc1cccc(C=Cc2cccc3ccccc23)n1. The topological polar surface area (TPSA) is 12.9 Å². The minimum absolute atomic E-state index is 0.968. The molecule has 0 saturated heterocycles. The van der Waals surface area contributed by atoms with Gasteiger partial charge in [0.25, 0.3) is 0 Å². The van der Waals surface area contributed by atoms with E-state index in [4.69, 9.17) is 0 Å². The van der Waals surface area contributed by atoms with Gasteiger partial charge in [-0.3, -0.25) is 4.98 Å². The molecule has 0 N–H and O–H groups in total. The molecule has 1 heteroatoms. The molecule has 3 rings (SSSR count). The zero-order chi connectivity index (χ0) is 13.8. The molecule has 0 bridgehead atoms. The van der Waals surface area contributed by atoms with Crippen molar-refractivity contribution in [2.45, 2.75) is 13.3 Å². The van der Waals surface area contributed by atoms with E-state index >= 15 is 0 Å². The van der Waals surface area contributed by atoms with Crippen molar-refractivity contribution in [1.82, 2.24) is 4.98 Å². The van der Waals surface area contributed by atoms with Gasteiger partial charge in [0.05, 0.1) is 5.69 Å². The van der Waals surface area contributed by atoms with Crippen LogP contribution in [0.25, 0.3) is 22.9 Å². The average molecular weight is 259 g/mol. The molecule has 0 amide bonds. The summed E-state index contributed by atoms with van der Waals surface area (Å²) in [7, 11) is 0. The number of aromatic nitrogens is 1. The van der Waals surface area contributed by atoms with Crippen molar-refractivity contribution in [3.05, 3.63) is 77.6 Å². The van der Waals surface area contributed by atoms with E-state index < -0.39 is 0 Å². The highest BCUT2D eigenvalue weighted by atomic mass is 14.7. The Hall–Kier alpha value is -2.41. The molecule has 0 fully saturated rings. The van der Waals surface area contributed by atoms with E-state index in [2.05, 4.69) is 78.7 Å². The summed E-state index contributed by atoms with van der Waals surface area (Å²) >= 11 is 0. The summed E-state index contributed by atoms with van der Waals surface area (Å²) in [5, 5.41) is 2.54. The fraction of sp³-hybridized carbons (Fsp3) is 0.105. The fourth-order valence-electron chi connectivity index (χ4n) is 2.36. The monoisotopic (exact) mass is 259 g/mol. The third kappa shape index (κ3) is 2.62. The van der Waals surface area contributed by atoms with Crippen molar-refractivity contribution >= 4 is 22.9 Å². The highest BCUT2D eigenvalue weighted by Crippen LogP contribution is 2.20. The van der Waals surface area contributed by atoms with Crippen LogP contribution >= 0.6 is 0 Å². The van der Waals surface area contributed by atoms with Crippen LogP contribution in [0.2, 0.25) is 0 Å². The smallest absolute Gasteiger partial charge is 0.0633 e. The largest absolute Gasteiger partial charge is 0.253 e. The van der Waals surface area contributed by atoms with Gasteiger partial charge < -0.3 is 0 Å². The van der Waals surface area contributed by atoms with Gasteiger partial charge in [-0.2, -0.15) is 0 Å². The maximum Gasteiger partial charge on any atom is 0.0633 e. The van der Waals surface area contributed by atoms with Crippen molar-refractivity contribution in [2.24, 2.45) is 0 Å². The number of nitrogens with zero attached hydrogens (tertiary/aromatic N) is 1. The summed E-state index contributed by atoms with van der Waals surface area (Å²) in [4.78, 5) is 4.60. The second-order valence-corrected chi connectivity index (χ2v) is 4.81. The van der Waals surface area contributed by atoms with Gasteiger partial charge in [0.1, 0.15) is 0 Å². The second-order valence-electron chi connectivity index (χ2n) is 4.81. The molecular weight excluding hydrogens is 242 g/mol. The number of hydrogen-bond acceptors (Lipinski definition) is 1. The number of benzene rings is 2. The van der Waals surface area contributed by atoms with Crippen LogP contribution in [-0.2, 0) is 6.42 Å². The van der Waals surface area contributed by atoms with Crippen LogP contribution in [0.4, 0.5) is 0 Å². The summed E-state index contributed by atoms with van der Waals surface area (Å²) in [6.07, 6.45) is 5.20. The van der Waals surface area contributed by atoms with Gasteiger partial charge in [0, 0.05) is 5.69 Å². The Morgan fingerprint density at radius 3 is 2.55 bits per heavy atom. The molecule has 98 valence electrons. The van der Waals surface area contributed by atoms with Crippen LogP contribution in [0, 0.1) is 0 Å². The number of aryl methyl sites for hydroxylation is 1. The van der Waals surface area contributed by atoms with Gasteiger partial charge in [-0.25, -0.2) is 0 Å². The Balaban J connectivity index is 1.98. The molecule has 0 radical (unpaired) electrons. The minimum Gasteiger partial charge on any atom is -0.253 e. The fourth-order valence-corrected chi connectivity index (χ4v) is 2.36. The van der Waals surface area contributed by atoms with E-state index in [-0.39, 0.29) is 0 Å². The molecule has 0 spiro atoms. The van der Waals surface area contributed by atoms with Crippen LogP contribution in [-0.4, -0.2) is 4.98 Å².